The Balaban J connectivity index is 3.04. The minimum atomic E-state index is -0.807. The number of rotatable bonds is 2. The summed E-state index contributed by atoms with van der Waals surface area (Å²) in [6, 6.07) is 0. The van der Waals surface area contributed by atoms with Crippen LogP contribution in [0.1, 0.15) is 33.6 Å². The summed E-state index contributed by atoms with van der Waals surface area (Å²) in [5.74, 6) is -1.06. The first-order valence-corrected chi connectivity index (χ1v) is 5.22. The van der Waals surface area contributed by atoms with Crippen LogP contribution in [0.15, 0.2) is 0 Å². The van der Waals surface area contributed by atoms with Crippen molar-refractivity contribution in [3.63, 3.8) is 0 Å². The van der Waals surface area contributed by atoms with Crippen LogP contribution in [-0.2, 0) is 9.59 Å². The summed E-state index contributed by atoms with van der Waals surface area (Å²) in [4.78, 5) is 22.9. The van der Waals surface area contributed by atoms with Gasteiger partial charge in [-0.15, -0.1) is 0 Å². The van der Waals surface area contributed by atoms with Crippen molar-refractivity contribution in [3.05, 3.63) is 0 Å². The van der Waals surface area contributed by atoms with Crippen LogP contribution >= 0.6 is 0 Å². The number of amides is 1. The van der Waals surface area contributed by atoms with E-state index in [4.69, 9.17) is 0 Å². The smallest absolute Gasteiger partial charge is 0.309 e. The Morgan fingerprint density at radius 3 is 2.20 bits per heavy atom. The van der Waals surface area contributed by atoms with E-state index < -0.39 is 16.8 Å². The third-order valence-corrected chi connectivity index (χ3v) is 4.26. The average molecular weight is 213 g/mol. The van der Waals surface area contributed by atoms with Gasteiger partial charge in [-0.05, 0) is 25.2 Å². The Labute approximate surface area is 90.0 Å². The van der Waals surface area contributed by atoms with Crippen molar-refractivity contribution in [2.75, 3.05) is 7.05 Å². The van der Waals surface area contributed by atoms with Crippen LogP contribution in [0.3, 0.4) is 0 Å². The van der Waals surface area contributed by atoms with Crippen molar-refractivity contribution in [2.24, 2.45) is 16.7 Å². The van der Waals surface area contributed by atoms with Crippen molar-refractivity contribution in [1.29, 1.82) is 0 Å². The van der Waals surface area contributed by atoms with Crippen LogP contribution in [0.4, 0.5) is 0 Å². The van der Waals surface area contributed by atoms with Gasteiger partial charge >= 0.3 is 5.97 Å². The molecule has 0 bridgehead atoms. The zero-order chi connectivity index (χ0) is 11.9. The highest BCUT2D eigenvalue weighted by Crippen LogP contribution is 2.55. The Morgan fingerprint density at radius 2 is 1.87 bits per heavy atom. The molecule has 0 aromatic rings. The number of carboxylic acid groups (broad SMARTS) is 1. The average Bonchev–Trinajstić information content (AvgIpc) is 2.39. The fourth-order valence-corrected chi connectivity index (χ4v) is 2.52. The molecule has 15 heavy (non-hydrogen) atoms. The second-order valence-electron chi connectivity index (χ2n) is 5.06. The lowest BCUT2D eigenvalue weighted by atomic mass is 9.65. The van der Waals surface area contributed by atoms with Crippen LogP contribution < -0.4 is 5.32 Å². The molecule has 2 atom stereocenters. The van der Waals surface area contributed by atoms with Crippen LogP contribution in [0, 0.1) is 16.7 Å². The van der Waals surface area contributed by atoms with Crippen molar-refractivity contribution >= 4 is 11.9 Å². The quantitative estimate of drug-likeness (QED) is 0.725. The van der Waals surface area contributed by atoms with Gasteiger partial charge in [-0.1, -0.05) is 13.8 Å². The van der Waals surface area contributed by atoms with Crippen LogP contribution in [0.25, 0.3) is 0 Å². The Morgan fingerprint density at radius 1 is 1.33 bits per heavy atom. The van der Waals surface area contributed by atoms with Crippen molar-refractivity contribution < 1.29 is 14.7 Å². The summed E-state index contributed by atoms with van der Waals surface area (Å²) >= 11 is 0. The van der Waals surface area contributed by atoms with Crippen molar-refractivity contribution in [2.45, 2.75) is 33.6 Å². The van der Waals surface area contributed by atoms with Gasteiger partial charge < -0.3 is 10.4 Å². The van der Waals surface area contributed by atoms with Gasteiger partial charge in [0.1, 0.15) is 0 Å². The predicted octanol–water partition coefficient (Wildman–Crippen LogP) is 1.26. The maximum Gasteiger partial charge on any atom is 0.309 e. The highest BCUT2D eigenvalue weighted by Gasteiger charge is 2.58. The van der Waals surface area contributed by atoms with Crippen molar-refractivity contribution in [3.8, 4) is 0 Å². The van der Waals surface area contributed by atoms with Gasteiger partial charge in [0.2, 0.25) is 5.91 Å². The number of aliphatic carboxylic acids is 1. The first-order chi connectivity index (χ1) is 6.77. The van der Waals surface area contributed by atoms with Gasteiger partial charge in [-0.25, -0.2) is 0 Å². The normalized spacial score (nSPS) is 33.7. The predicted molar refractivity (Wildman–Crippen MR) is 56.3 cm³/mol. The van der Waals surface area contributed by atoms with E-state index in [0.717, 1.165) is 0 Å². The lowest BCUT2D eigenvalue weighted by molar-refractivity contribution is -0.155. The van der Waals surface area contributed by atoms with Crippen LogP contribution in [0.2, 0.25) is 0 Å². The SMILES string of the molecule is CNC(=O)[C@@H]1CC[C@@](C)(C(=O)O)C1(C)C. The Bertz CT molecular complexity index is 298. The molecule has 1 rings (SSSR count). The summed E-state index contributed by atoms with van der Waals surface area (Å²) in [5, 5.41) is 11.9. The lowest BCUT2D eigenvalue weighted by Gasteiger charge is -2.37. The summed E-state index contributed by atoms with van der Waals surface area (Å²) in [6.45, 7) is 5.47. The lowest BCUT2D eigenvalue weighted by Crippen LogP contribution is -2.44. The number of carbonyl (C=O) groups excluding carboxylic acids is 1. The molecule has 0 aromatic heterocycles. The molecule has 4 heteroatoms. The molecule has 0 heterocycles. The van der Waals surface area contributed by atoms with Gasteiger partial charge in [0.15, 0.2) is 0 Å². The zero-order valence-electron chi connectivity index (χ0n) is 9.76. The van der Waals surface area contributed by atoms with E-state index in [1.54, 1.807) is 14.0 Å². The van der Waals surface area contributed by atoms with E-state index in [1.165, 1.54) is 0 Å². The highest BCUT2D eigenvalue weighted by molar-refractivity contribution is 5.83. The van der Waals surface area contributed by atoms with E-state index in [1.807, 2.05) is 13.8 Å². The number of hydrogen-bond acceptors (Lipinski definition) is 2. The minimum Gasteiger partial charge on any atom is -0.481 e. The Hall–Kier alpha value is -1.06. The standard InChI is InChI=1S/C11H19NO3/c1-10(2)7(8(13)12-4)5-6-11(10,3)9(14)15/h7H,5-6H2,1-4H3,(H,12,13)(H,14,15)/t7-,11-/m0/s1. The van der Waals surface area contributed by atoms with Gasteiger partial charge in [0.25, 0.3) is 0 Å². The zero-order valence-corrected chi connectivity index (χ0v) is 9.76. The van der Waals surface area contributed by atoms with Crippen molar-refractivity contribution in [1.82, 2.24) is 5.32 Å². The van der Waals surface area contributed by atoms with Gasteiger partial charge in [0, 0.05) is 13.0 Å². The third kappa shape index (κ3) is 1.52. The second kappa shape index (κ2) is 3.51. The molecule has 0 aromatic carbocycles. The molecule has 86 valence electrons. The van der Waals surface area contributed by atoms with Gasteiger partial charge in [0.05, 0.1) is 5.41 Å². The fraction of sp³-hybridized carbons (Fsp3) is 0.818. The summed E-state index contributed by atoms with van der Waals surface area (Å²) in [5.41, 5.74) is -1.30. The highest BCUT2D eigenvalue weighted by atomic mass is 16.4. The molecule has 1 aliphatic rings. The first kappa shape index (κ1) is 12.0. The summed E-state index contributed by atoms with van der Waals surface area (Å²) < 4.78 is 0. The minimum absolute atomic E-state index is 0.0509. The number of carbonyl (C=O) groups is 2. The van der Waals surface area contributed by atoms with E-state index in [9.17, 15) is 14.7 Å². The molecule has 1 fully saturated rings. The topological polar surface area (TPSA) is 66.4 Å². The molecule has 1 saturated carbocycles. The number of nitrogens with one attached hydrogen (secondary N) is 1. The Kier molecular flexibility index (Phi) is 2.81. The molecule has 2 N–H and O–H groups in total. The molecule has 4 nitrogen and oxygen atoms in total. The van der Waals surface area contributed by atoms with E-state index in [-0.39, 0.29) is 11.8 Å². The molecular formula is C11H19NO3. The van der Waals surface area contributed by atoms with Crippen LogP contribution in [-0.4, -0.2) is 24.0 Å². The third-order valence-electron chi connectivity index (χ3n) is 4.26. The molecule has 0 spiro atoms. The maximum atomic E-state index is 11.6. The summed E-state index contributed by atoms with van der Waals surface area (Å²) in [6.07, 6.45) is 1.21. The summed E-state index contributed by atoms with van der Waals surface area (Å²) in [7, 11) is 1.59. The van der Waals surface area contributed by atoms with Gasteiger partial charge in [-0.2, -0.15) is 0 Å². The van der Waals surface area contributed by atoms with E-state index >= 15 is 0 Å². The van der Waals surface area contributed by atoms with E-state index in [2.05, 4.69) is 5.32 Å². The number of hydrogen-bond donors (Lipinski definition) is 2. The first-order valence-electron chi connectivity index (χ1n) is 5.22. The van der Waals surface area contributed by atoms with Crippen LogP contribution in [0.5, 0.6) is 0 Å². The molecule has 0 radical (unpaired) electrons. The molecule has 1 amide bonds. The second-order valence-corrected chi connectivity index (χ2v) is 5.06. The molecular weight excluding hydrogens is 194 g/mol. The number of carboxylic acids is 1. The monoisotopic (exact) mass is 213 g/mol. The fourth-order valence-electron chi connectivity index (χ4n) is 2.52. The molecule has 0 saturated heterocycles. The maximum absolute atomic E-state index is 11.6. The molecule has 1 aliphatic carbocycles. The van der Waals surface area contributed by atoms with E-state index in [0.29, 0.717) is 12.8 Å². The molecule has 0 unspecified atom stereocenters. The largest absolute Gasteiger partial charge is 0.481 e. The molecule has 0 aliphatic heterocycles. The van der Waals surface area contributed by atoms with Gasteiger partial charge in [-0.3, -0.25) is 9.59 Å².